The molecule has 0 saturated heterocycles. The maximum absolute atomic E-state index is 14.0. The molecule has 0 heterocycles. The zero-order chi connectivity index (χ0) is 16.3. The van der Waals surface area contributed by atoms with E-state index in [1.54, 1.807) is 19.1 Å². The number of halogens is 2. The molecule has 0 aromatic heterocycles. The lowest BCUT2D eigenvalue weighted by molar-refractivity contribution is 0.571. The fraction of sp³-hybridized carbons (Fsp3) is 0.176. The quantitative estimate of drug-likeness (QED) is 0.784. The van der Waals surface area contributed by atoms with Gasteiger partial charge < -0.3 is 0 Å². The predicted molar refractivity (Wildman–Crippen MR) is 82.3 cm³/mol. The van der Waals surface area contributed by atoms with Crippen molar-refractivity contribution in [3.05, 3.63) is 77.4 Å². The number of benzene rings is 2. The Labute approximate surface area is 129 Å². The van der Waals surface area contributed by atoms with Gasteiger partial charge in [-0.3, -0.25) is 0 Å². The average Bonchev–Trinajstić information content (AvgIpc) is 2.48. The maximum Gasteiger partial charge on any atom is 0.189 e. The van der Waals surface area contributed by atoms with Gasteiger partial charge in [0.2, 0.25) is 0 Å². The maximum atomic E-state index is 14.0. The van der Waals surface area contributed by atoms with Gasteiger partial charge in [-0.25, -0.2) is 17.2 Å². The van der Waals surface area contributed by atoms with E-state index in [1.807, 2.05) is 6.92 Å². The molecule has 0 aliphatic rings. The Bertz CT molecular complexity index is 794. The van der Waals surface area contributed by atoms with E-state index in [-0.39, 0.29) is 10.5 Å². The van der Waals surface area contributed by atoms with Crippen molar-refractivity contribution in [3.63, 3.8) is 0 Å². The summed E-state index contributed by atoms with van der Waals surface area (Å²) < 4.78 is 52.9. The summed E-state index contributed by atoms with van der Waals surface area (Å²) in [4.78, 5) is 0.0739. The molecule has 1 unspecified atom stereocenters. The molecule has 0 fully saturated rings. The first-order valence-corrected chi connectivity index (χ1v) is 8.29. The molecule has 0 radical (unpaired) electrons. The van der Waals surface area contributed by atoms with E-state index in [0.29, 0.717) is 0 Å². The molecule has 0 aliphatic heterocycles. The Kier molecular flexibility index (Phi) is 4.76. The molecule has 2 aromatic carbocycles. The van der Waals surface area contributed by atoms with E-state index in [2.05, 4.69) is 0 Å². The molecule has 0 bridgehead atoms. The van der Waals surface area contributed by atoms with Crippen molar-refractivity contribution in [1.29, 1.82) is 0 Å². The summed E-state index contributed by atoms with van der Waals surface area (Å²) >= 11 is 0. The Morgan fingerprint density at radius 2 is 1.68 bits per heavy atom. The van der Waals surface area contributed by atoms with Crippen LogP contribution in [-0.2, 0) is 9.84 Å². The van der Waals surface area contributed by atoms with Gasteiger partial charge in [-0.2, -0.15) is 0 Å². The van der Waals surface area contributed by atoms with Gasteiger partial charge in [0.25, 0.3) is 0 Å². The lowest BCUT2D eigenvalue weighted by Crippen LogP contribution is -2.13. The fourth-order valence-electron chi connectivity index (χ4n) is 2.16. The summed E-state index contributed by atoms with van der Waals surface area (Å²) in [5, 5.41) is -1.27. The predicted octanol–water partition coefficient (Wildman–Crippen LogP) is 4.36. The van der Waals surface area contributed by atoms with Crippen molar-refractivity contribution in [2.24, 2.45) is 0 Å². The lowest BCUT2D eigenvalue weighted by atomic mass is 10.1. The summed E-state index contributed by atoms with van der Waals surface area (Å²) in [6.07, 6.45) is 2.87. The van der Waals surface area contributed by atoms with Crippen LogP contribution in [0.5, 0.6) is 0 Å². The van der Waals surface area contributed by atoms with Gasteiger partial charge in [-0.05, 0) is 44.2 Å². The highest BCUT2D eigenvalue weighted by Crippen LogP contribution is 2.32. The Morgan fingerprint density at radius 1 is 1.05 bits per heavy atom. The molecule has 0 spiro atoms. The molecule has 116 valence electrons. The van der Waals surface area contributed by atoms with Crippen LogP contribution >= 0.6 is 0 Å². The molecule has 2 rings (SSSR count). The highest BCUT2D eigenvalue weighted by Gasteiger charge is 2.29. The van der Waals surface area contributed by atoms with E-state index in [4.69, 9.17) is 0 Å². The standard InChI is InChI=1S/C17H16F2O2S/c1-3-4-17(15-11-13(18)7-10-16(15)19)22(20,21)14-8-5-12(2)6-9-14/h3-11,17H,1-2H3/b4-3+. The first kappa shape index (κ1) is 16.4. The van der Waals surface area contributed by atoms with Crippen LogP contribution in [0.3, 0.4) is 0 Å². The van der Waals surface area contributed by atoms with Crippen molar-refractivity contribution in [2.75, 3.05) is 0 Å². The molecule has 0 saturated carbocycles. The van der Waals surface area contributed by atoms with Crippen LogP contribution in [0.2, 0.25) is 0 Å². The van der Waals surface area contributed by atoms with Crippen LogP contribution in [0.1, 0.15) is 23.3 Å². The van der Waals surface area contributed by atoms with E-state index in [1.165, 1.54) is 24.3 Å². The molecular formula is C17H16F2O2S. The van der Waals surface area contributed by atoms with Gasteiger partial charge >= 0.3 is 0 Å². The smallest absolute Gasteiger partial charge is 0.189 e. The van der Waals surface area contributed by atoms with Crippen LogP contribution in [0.15, 0.2) is 59.5 Å². The lowest BCUT2D eigenvalue weighted by Gasteiger charge is -2.16. The third-order valence-electron chi connectivity index (χ3n) is 3.32. The Hall–Kier alpha value is -2.01. The molecule has 0 N–H and O–H groups in total. The molecule has 2 aromatic rings. The van der Waals surface area contributed by atoms with Gasteiger partial charge in [-0.1, -0.05) is 29.8 Å². The number of rotatable bonds is 4. The van der Waals surface area contributed by atoms with Crippen molar-refractivity contribution >= 4 is 9.84 Å². The summed E-state index contributed by atoms with van der Waals surface area (Å²) in [6.45, 7) is 3.47. The highest BCUT2D eigenvalue weighted by atomic mass is 32.2. The number of allylic oxidation sites excluding steroid dienone is 1. The van der Waals surface area contributed by atoms with E-state index in [0.717, 1.165) is 23.8 Å². The van der Waals surface area contributed by atoms with E-state index >= 15 is 0 Å². The first-order valence-electron chi connectivity index (χ1n) is 6.74. The third kappa shape index (κ3) is 3.25. The van der Waals surface area contributed by atoms with Crippen LogP contribution in [0.4, 0.5) is 8.78 Å². The fourth-order valence-corrected chi connectivity index (χ4v) is 3.84. The van der Waals surface area contributed by atoms with E-state index < -0.39 is 26.7 Å². The molecule has 2 nitrogen and oxygen atoms in total. The zero-order valence-corrected chi connectivity index (χ0v) is 13.1. The Balaban J connectivity index is 2.60. The van der Waals surface area contributed by atoms with Crippen molar-refractivity contribution in [3.8, 4) is 0 Å². The van der Waals surface area contributed by atoms with Crippen LogP contribution < -0.4 is 0 Å². The minimum Gasteiger partial charge on any atom is -0.223 e. The zero-order valence-electron chi connectivity index (χ0n) is 12.3. The second-order valence-electron chi connectivity index (χ2n) is 4.97. The van der Waals surface area contributed by atoms with Gasteiger partial charge in [0.15, 0.2) is 9.84 Å². The largest absolute Gasteiger partial charge is 0.223 e. The molecule has 1 atom stereocenters. The summed E-state index contributed by atoms with van der Waals surface area (Å²) in [7, 11) is -3.87. The topological polar surface area (TPSA) is 34.1 Å². The number of hydrogen-bond donors (Lipinski definition) is 0. The minimum atomic E-state index is -3.87. The number of hydrogen-bond acceptors (Lipinski definition) is 2. The van der Waals surface area contributed by atoms with Crippen molar-refractivity contribution < 1.29 is 17.2 Å². The molecular weight excluding hydrogens is 306 g/mol. The molecule has 5 heteroatoms. The minimum absolute atomic E-state index is 0.0739. The normalized spacial score (nSPS) is 13.5. The SMILES string of the molecule is C/C=C/C(c1cc(F)ccc1F)S(=O)(=O)c1ccc(C)cc1. The van der Waals surface area contributed by atoms with Crippen molar-refractivity contribution in [2.45, 2.75) is 24.0 Å². The van der Waals surface area contributed by atoms with Gasteiger partial charge in [0.05, 0.1) is 4.90 Å². The van der Waals surface area contributed by atoms with E-state index in [9.17, 15) is 17.2 Å². The molecule has 0 aliphatic carbocycles. The van der Waals surface area contributed by atoms with Gasteiger partial charge in [0.1, 0.15) is 16.9 Å². The summed E-state index contributed by atoms with van der Waals surface area (Å²) in [5.41, 5.74) is 0.720. The van der Waals surface area contributed by atoms with Crippen LogP contribution in [-0.4, -0.2) is 8.42 Å². The third-order valence-corrected chi connectivity index (χ3v) is 5.32. The average molecular weight is 322 g/mol. The van der Waals surface area contributed by atoms with Crippen LogP contribution in [0, 0.1) is 18.6 Å². The van der Waals surface area contributed by atoms with Gasteiger partial charge in [0, 0.05) is 5.56 Å². The van der Waals surface area contributed by atoms with Crippen molar-refractivity contribution in [1.82, 2.24) is 0 Å². The number of aryl methyl sites for hydroxylation is 1. The number of sulfone groups is 1. The summed E-state index contributed by atoms with van der Waals surface area (Å²) in [5.74, 6) is -1.43. The summed E-state index contributed by atoms with van der Waals surface area (Å²) in [6, 6.07) is 9.10. The second-order valence-corrected chi connectivity index (χ2v) is 7.04. The van der Waals surface area contributed by atoms with Crippen LogP contribution in [0.25, 0.3) is 0 Å². The first-order chi connectivity index (χ1) is 10.4. The molecule has 22 heavy (non-hydrogen) atoms. The highest BCUT2D eigenvalue weighted by molar-refractivity contribution is 7.91. The molecule has 0 amide bonds. The monoisotopic (exact) mass is 322 g/mol. The Morgan fingerprint density at radius 3 is 2.27 bits per heavy atom. The van der Waals surface area contributed by atoms with Gasteiger partial charge in [-0.15, -0.1) is 0 Å². The second kappa shape index (κ2) is 6.40.